The lowest BCUT2D eigenvalue weighted by molar-refractivity contribution is -0.113. The maximum absolute atomic E-state index is 13.2. The fourth-order valence-electron chi connectivity index (χ4n) is 3.54. The van der Waals surface area contributed by atoms with Gasteiger partial charge >= 0.3 is 0 Å². The summed E-state index contributed by atoms with van der Waals surface area (Å²) < 4.78 is 6.13. The van der Waals surface area contributed by atoms with Crippen molar-refractivity contribution in [2.75, 3.05) is 5.32 Å². The lowest BCUT2D eigenvalue weighted by atomic mass is 9.94. The van der Waals surface area contributed by atoms with Gasteiger partial charge in [-0.2, -0.15) is 0 Å². The summed E-state index contributed by atoms with van der Waals surface area (Å²) in [5, 5.41) is 10.4. The van der Waals surface area contributed by atoms with Gasteiger partial charge in [-0.05, 0) is 55.0 Å². The molecule has 3 N–H and O–H groups in total. The maximum atomic E-state index is 13.2. The summed E-state index contributed by atoms with van der Waals surface area (Å²) in [7, 11) is 0. The number of hydrogen-bond acceptors (Lipinski definition) is 3. The van der Waals surface area contributed by atoms with E-state index in [1.165, 1.54) is 0 Å². The third kappa shape index (κ3) is 5.10. The van der Waals surface area contributed by atoms with Crippen LogP contribution in [0.3, 0.4) is 0 Å². The fraction of sp³-hybridized carbons (Fsp3) is 0.120. The molecule has 1 amide bonds. The zero-order chi connectivity index (χ0) is 22.5. The molecule has 162 valence electrons. The van der Waals surface area contributed by atoms with E-state index in [-0.39, 0.29) is 5.91 Å². The number of nitrogens with one attached hydrogen (secondary N) is 3. The predicted molar refractivity (Wildman–Crippen MR) is 132 cm³/mol. The number of halogens is 1. The van der Waals surface area contributed by atoms with Gasteiger partial charge in [0.1, 0.15) is 12.4 Å². The second kappa shape index (κ2) is 9.85. The summed E-state index contributed by atoms with van der Waals surface area (Å²) in [6, 6.07) is 24.0. The number of para-hydroxylation sites is 2. The Labute approximate surface area is 197 Å². The van der Waals surface area contributed by atoms with Crippen molar-refractivity contribution in [1.82, 2.24) is 10.6 Å². The SMILES string of the molecule is CC1=C(C(=O)Nc2ccccc2)[C@@H](c2ccccc2OCc2ccc(Cl)cc2)NC(=S)N1. The monoisotopic (exact) mass is 463 g/mol. The van der Waals surface area contributed by atoms with E-state index in [9.17, 15) is 4.79 Å². The number of rotatable bonds is 6. The van der Waals surface area contributed by atoms with E-state index in [0.717, 1.165) is 16.8 Å². The normalized spacial score (nSPS) is 15.6. The Bertz CT molecular complexity index is 1160. The minimum absolute atomic E-state index is 0.214. The van der Waals surface area contributed by atoms with Crippen LogP contribution in [0.5, 0.6) is 5.75 Å². The predicted octanol–water partition coefficient (Wildman–Crippen LogP) is 5.35. The standard InChI is InChI=1S/C25H22ClN3O2S/c1-16-22(24(30)28-19-7-3-2-4-8-19)23(29-25(32)27-16)20-9-5-6-10-21(20)31-15-17-11-13-18(26)14-12-17/h2-14,23H,15H2,1H3,(H,28,30)(H2,27,29,32)/t23-/m1/s1. The Morgan fingerprint density at radius 3 is 2.47 bits per heavy atom. The summed E-state index contributed by atoms with van der Waals surface area (Å²) in [5.41, 5.74) is 3.77. The van der Waals surface area contributed by atoms with Crippen molar-refractivity contribution in [3.8, 4) is 5.75 Å². The Balaban J connectivity index is 1.63. The minimum Gasteiger partial charge on any atom is -0.489 e. The highest BCUT2D eigenvalue weighted by molar-refractivity contribution is 7.80. The van der Waals surface area contributed by atoms with Crippen molar-refractivity contribution in [1.29, 1.82) is 0 Å². The second-order valence-corrected chi connectivity index (χ2v) is 8.19. The number of hydrogen-bond donors (Lipinski definition) is 3. The number of anilines is 1. The molecule has 1 heterocycles. The van der Waals surface area contributed by atoms with Crippen molar-refractivity contribution < 1.29 is 9.53 Å². The Morgan fingerprint density at radius 1 is 1.03 bits per heavy atom. The molecule has 0 radical (unpaired) electrons. The molecule has 4 rings (SSSR count). The number of thiocarbonyl (C=S) groups is 1. The smallest absolute Gasteiger partial charge is 0.255 e. The molecule has 7 heteroatoms. The van der Waals surface area contributed by atoms with Crippen LogP contribution in [0, 0.1) is 0 Å². The van der Waals surface area contributed by atoms with E-state index in [2.05, 4.69) is 16.0 Å². The number of benzene rings is 3. The van der Waals surface area contributed by atoms with E-state index in [4.69, 9.17) is 28.6 Å². The Kier molecular flexibility index (Phi) is 6.73. The van der Waals surface area contributed by atoms with E-state index < -0.39 is 6.04 Å². The first-order chi connectivity index (χ1) is 15.5. The molecular formula is C25H22ClN3O2S. The molecule has 5 nitrogen and oxygen atoms in total. The lowest BCUT2D eigenvalue weighted by Crippen LogP contribution is -2.45. The van der Waals surface area contributed by atoms with Gasteiger partial charge in [-0.15, -0.1) is 0 Å². The third-order valence-electron chi connectivity index (χ3n) is 5.08. The minimum atomic E-state index is -0.464. The van der Waals surface area contributed by atoms with Gasteiger partial charge in [0.05, 0.1) is 11.6 Å². The molecule has 0 spiro atoms. The first-order valence-corrected chi connectivity index (χ1v) is 10.9. The number of ether oxygens (including phenoxy) is 1. The molecule has 0 saturated heterocycles. The average Bonchev–Trinajstić information content (AvgIpc) is 2.79. The summed E-state index contributed by atoms with van der Waals surface area (Å²) in [6.45, 7) is 2.22. The largest absolute Gasteiger partial charge is 0.489 e. The van der Waals surface area contributed by atoms with Crippen LogP contribution in [0.4, 0.5) is 5.69 Å². The molecule has 0 saturated carbocycles. The summed E-state index contributed by atoms with van der Waals surface area (Å²) in [6.07, 6.45) is 0. The van der Waals surface area contributed by atoms with Gasteiger partial charge in [0.25, 0.3) is 5.91 Å². The van der Waals surface area contributed by atoms with Crippen LogP contribution in [-0.4, -0.2) is 11.0 Å². The topological polar surface area (TPSA) is 62.4 Å². The highest BCUT2D eigenvalue weighted by Gasteiger charge is 2.31. The van der Waals surface area contributed by atoms with Crippen molar-refractivity contribution in [2.24, 2.45) is 0 Å². The molecule has 0 bridgehead atoms. The molecule has 0 aliphatic carbocycles. The van der Waals surface area contributed by atoms with Gasteiger partial charge in [-0.25, -0.2) is 0 Å². The van der Waals surface area contributed by atoms with Crippen LogP contribution in [0.1, 0.15) is 24.1 Å². The van der Waals surface area contributed by atoms with Gasteiger partial charge in [-0.3, -0.25) is 4.79 Å². The van der Waals surface area contributed by atoms with Crippen LogP contribution in [0.15, 0.2) is 90.1 Å². The van der Waals surface area contributed by atoms with Gasteiger partial charge < -0.3 is 20.7 Å². The van der Waals surface area contributed by atoms with E-state index >= 15 is 0 Å². The quantitative estimate of drug-likeness (QED) is 0.430. The molecule has 0 unspecified atom stereocenters. The van der Waals surface area contributed by atoms with Crippen LogP contribution >= 0.6 is 23.8 Å². The van der Waals surface area contributed by atoms with Crippen LogP contribution in [0.25, 0.3) is 0 Å². The highest BCUT2D eigenvalue weighted by atomic mass is 35.5. The Hall–Kier alpha value is -3.35. The third-order valence-corrected chi connectivity index (χ3v) is 5.55. The zero-order valence-electron chi connectivity index (χ0n) is 17.4. The molecule has 0 aromatic heterocycles. The molecular weight excluding hydrogens is 442 g/mol. The highest BCUT2D eigenvalue weighted by Crippen LogP contribution is 2.34. The van der Waals surface area contributed by atoms with Crippen molar-refractivity contribution in [3.63, 3.8) is 0 Å². The van der Waals surface area contributed by atoms with E-state index in [1.54, 1.807) is 0 Å². The summed E-state index contributed by atoms with van der Waals surface area (Å²) >= 11 is 11.4. The lowest BCUT2D eigenvalue weighted by Gasteiger charge is -2.31. The molecule has 0 fully saturated rings. The first-order valence-electron chi connectivity index (χ1n) is 10.1. The molecule has 1 atom stereocenters. The van der Waals surface area contributed by atoms with Crippen LogP contribution in [0.2, 0.25) is 5.02 Å². The van der Waals surface area contributed by atoms with Gasteiger partial charge in [0.2, 0.25) is 0 Å². The van der Waals surface area contributed by atoms with Gasteiger partial charge in [0.15, 0.2) is 5.11 Å². The summed E-state index contributed by atoms with van der Waals surface area (Å²) in [4.78, 5) is 13.2. The van der Waals surface area contributed by atoms with E-state index in [0.29, 0.717) is 33.8 Å². The average molecular weight is 464 g/mol. The molecule has 1 aliphatic heterocycles. The molecule has 1 aliphatic rings. The number of amides is 1. The van der Waals surface area contributed by atoms with Gasteiger partial charge in [0, 0.05) is 22.0 Å². The first kappa shape index (κ1) is 21.9. The zero-order valence-corrected chi connectivity index (χ0v) is 19.0. The number of carbonyl (C=O) groups is 1. The summed E-state index contributed by atoms with van der Waals surface area (Å²) in [5.74, 6) is 0.455. The molecule has 3 aromatic rings. The van der Waals surface area contributed by atoms with Gasteiger partial charge in [-0.1, -0.05) is 60.1 Å². The fourth-order valence-corrected chi connectivity index (χ4v) is 3.94. The maximum Gasteiger partial charge on any atom is 0.255 e. The Morgan fingerprint density at radius 2 is 1.72 bits per heavy atom. The van der Waals surface area contributed by atoms with Crippen molar-refractivity contribution >= 4 is 40.5 Å². The van der Waals surface area contributed by atoms with Crippen LogP contribution < -0.4 is 20.7 Å². The molecule has 3 aromatic carbocycles. The van der Waals surface area contributed by atoms with E-state index in [1.807, 2.05) is 85.8 Å². The molecule has 32 heavy (non-hydrogen) atoms. The second-order valence-electron chi connectivity index (χ2n) is 7.34. The number of allylic oxidation sites excluding steroid dienone is 1. The number of carbonyl (C=O) groups excluding carboxylic acids is 1. The van der Waals surface area contributed by atoms with Crippen LogP contribution in [-0.2, 0) is 11.4 Å². The van der Waals surface area contributed by atoms with Crippen molar-refractivity contribution in [2.45, 2.75) is 19.6 Å². The van der Waals surface area contributed by atoms with Crippen molar-refractivity contribution in [3.05, 3.63) is 106 Å².